The van der Waals surface area contributed by atoms with Crippen molar-refractivity contribution < 1.29 is 13.2 Å². The van der Waals surface area contributed by atoms with E-state index in [9.17, 15) is 13.2 Å². The van der Waals surface area contributed by atoms with Crippen LogP contribution in [0.5, 0.6) is 0 Å². The van der Waals surface area contributed by atoms with Crippen LogP contribution in [0.3, 0.4) is 0 Å². The number of aromatic nitrogens is 1. The number of nitrogen functional groups attached to an aromatic ring is 1. The molecule has 0 saturated carbocycles. The Balaban J connectivity index is 2.64. The average Bonchev–Trinajstić information content (AvgIpc) is 2.31. The summed E-state index contributed by atoms with van der Waals surface area (Å²) in [6.45, 7) is -0.991. The van der Waals surface area contributed by atoms with Gasteiger partial charge in [-0.3, -0.25) is 0 Å². The number of nitrogens with two attached hydrogens (primary N) is 1. The fraction of sp³-hybridized carbons (Fsp3) is 0.500. The van der Waals surface area contributed by atoms with Gasteiger partial charge in [-0.2, -0.15) is 17.5 Å². The van der Waals surface area contributed by atoms with Crippen LogP contribution < -0.4 is 10.6 Å². The third-order valence-corrected chi connectivity index (χ3v) is 2.23. The standard InChI is InChI=1S/C6H8F3N3S/c1-12(3-6(7,8)9)5-2-4(10)11-13-5/h2H,3H2,1H3,(H2,10,11). The van der Waals surface area contributed by atoms with Gasteiger partial charge in [0.25, 0.3) is 0 Å². The first-order valence-electron chi connectivity index (χ1n) is 3.38. The van der Waals surface area contributed by atoms with Crippen LogP contribution in [0.2, 0.25) is 0 Å². The van der Waals surface area contributed by atoms with E-state index in [1.54, 1.807) is 0 Å². The van der Waals surface area contributed by atoms with Gasteiger partial charge >= 0.3 is 6.18 Å². The third-order valence-electron chi connectivity index (χ3n) is 1.31. The number of hydrogen-bond acceptors (Lipinski definition) is 4. The second-order valence-electron chi connectivity index (χ2n) is 2.56. The highest BCUT2D eigenvalue weighted by Crippen LogP contribution is 2.25. The van der Waals surface area contributed by atoms with E-state index in [1.807, 2.05) is 0 Å². The Morgan fingerprint density at radius 3 is 2.62 bits per heavy atom. The lowest BCUT2D eigenvalue weighted by Crippen LogP contribution is -2.30. The maximum absolute atomic E-state index is 11.9. The van der Waals surface area contributed by atoms with E-state index >= 15 is 0 Å². The van der Waals surface area contributed by atoms with Crippen LogP contribution in [-0.4, -0.2) is 24.1 Å². The minimum atomic E-state index is -4.20. The van der Waals surface area contributed by atoms with Gasteiger partial charge in [-0.15, -0.1) is 0 Å². The van der Waals surface area contributed by atoms with Crippen LogP contribution in [0.4, 0.5) is 24.0 Å². The summed E-state index contributed by atoms with van der Waals surface area (Å²) in [6, 6.07) is 1.41. The summed E-state index contributed by atoms with van der Waals surface area (Å²) in [6.07, 6.45) is -4.20. The van der Waals surface area contributed by atoms with E-state index < -0.39 is 12.7 Å². The normalized spacial score (nSPS) is 11.7. The Bertz CT molecular complexity index is 283. The molecule has 0 unspecified atom stereocenters. The number of nitrogens with zero attached hydrogens (tertiary/aromatic N) is 2. The van der Waals surface area contributed by atoms with Gasteiger partial charge in [-0.05, 0) is 11.5 Å². The Morgan fingerprint density at radius 2 is 2.23 bits per heavy atom. The Kier molecular flexibility index (Phi) is 2.65. The lowest BCUT2D eigenvalue weighted by Gasteiger charge is -2.17. The zero-order chi connectivity index (χ0) is 10.1. The lowest BCUT2D eigenvalue weighted by molar-refractivity contribution is -0.119. The topological polar surface area (TPSA) is 42.1 Å². The van der Waals surface area contributed by atoms with E-state index in [2.05, 4.69) is 4.37 Å². The molecule has 0 saturated heterocycles. The van der Waals surface area contributed by atoms with Crippen molar-refractivity contribution in [2.45, 2.75) is 6.18 Å². The van der Waals surface area contributed by atoms with Gasteiger partial charge < -0.3 is 10.6 Å². The fourth-order valence-electron chi connectivity index (χ4n) is 0.805. The van der Waals surface area contributed by atoms with Crippen molar-refractivity contribution in [2.24, 2.45) is 0 Å². The van der Waals surface area contributed by atoms with E-state index in [0.717, 1.165) is 16.4 Å². The number of hydrogen-bond donors (Lipinski definition) is 1. The highest BCUT2D eigenvalue weighted by molar-refractivity contribution is 7.10. The largest absolute Gasteiger partial charge is 0.405 e. The fourth-order valence-corrected chi connectivity index (χ4v) is 1.43. The van der Waals surface area contributed by atoms with Crippen molar-refractivity contribution in [2.75, 3.05) is 24.2 Å². The molecule has 74 valence electrons. The first-order valence-corrected chi connectivity index (χ1v) is 4.16. The Hall–Kier alpha value is -0.980. The molecule has 7 heteroatoms. The molecule has 0 aliphatic carbocycles. The first-order chi connectivity index (χ1) is 5.88. The molecule has 2 N–H and O–H groups in total. The van der Waals surface area contributed by atoms with E-state index in [1.165, 1.54) is 13.1 Å². The number of alkyl halides is 3. The molecule has 0 fully saturated rings. The molecular formula is C6H8F3N3S. The maximum Gasteiger partial charge on any atom is 0.405 e. The summed E-state index contributed by atoms with van der Waals surface area (Å²) >= 11 is 0.949. The molecule has 0 aliphatic heterocycles. The molecule has 1 aromatic rings. The quantitative estimate of drug-likeness (QED) is 0.809. The monoisotopic (exact) mass is 211 g/mol. The molecule has 13 heavy (non-hydrogen) atoms. The van der Waals surface area contributed by atoms with Crippen LogP contribution in [0.1, 0.15) is 0 Å². The second-order valence-corrected chi connectivity index (χ2v) is 3.34. The third kappa shape index (κ3) is 3.10. The summed E-state index contributed by atoms with van der Waals surface area (Å²) in [5.74, 6) is 0.244. The molecule has 0 radical (unpaired) electrons. The predicted molar refractivity (Wildman–Crippen MR) is 45.9 cm³/mol. The molecule has 0 aromatic carbocycles. The van der Waals surface area contributed by atoms with Gasteiger partial charge in [-0.1, -0.05) is 0 Å². The summed E-state index contributed by atoms with van der Waals surface area (Å²) in [5, 5.41) is 0.412. The SMILES string of the molecule is CN(CC(F)(F)F)c1cc(N)ns1. The lowest BCUT2D eigenvalue weighted by atomic mass is 10.5. The highest BCUT2D eigenvalue weighted by Gasteiger charge is 2.29. The predicted octanol–water partition coefficient (Wildman–Crippen LogP) is 1.72. The molecule has 0 atom stereocenters. The smallest absolute Gasteiger partial charge is 0.383 e. The molecule has 0 spiro atoms. The van der Waals surface area contributed by atoms with Crippen molar-refractivity contribution >= 4 is 22.4 Å². The molecule has 0 amide bonds. The van der Waals surface area contributed by atoms with E-state index in [4.69, 9.17) is 5.73 Å². The Labute approximate surface area is 77.1 Å². The molecule has 3 nitrogen and oxygen atoms in total. The van der Waals surface area contributed by atoms with Crippen molar-refractivity contribution in [3.63, 3.8) is 0 Å². The van der Waals surface area contributed by atoms with Crippen LogP contribution >= 0.6 is 11.5 Å². The Morgan fingerprint density at radius 1 is 1.62 bits per heavy atom. The van der Waals surface area contributed by atoms with E-state index in [-0.39, 0.29) is 5.82 Å². The average molecular weight is 211 g/mol. The molecule has 0 bridgehead atoms. The van der Waals surface area contributed by atoms with Gasteiger partial charge in [0.15, 0.2) is 0 Å². The van der Waals surface area contributed by atoms with Crippen molar-refractivity contribution in [1.29, 1.82) is 0 Å². The van der Waals surface area contributed by atoms with Crippen LogP contribution in [-0.2, 0) is 0 Å². The van der Waals surface area contributed by atoms with Gasteiger partial charge in [-0.25, -0.2) is 0 Å². The van der Waals surface area contributed by atoms with Crippen molar-refractivity contribution in [1.82, 2.24) is 4.37 Å². The second kappa shape index (κ2) is 3.41. The number of halogens is 3. The molecule has 1 aromatic heterocycles. The van der Waals surface area contributed by atoms with Gasteiger partial charge in [0, 0.05) is 13.1 Å². The number of rotatable bonds is 2. The first kappa shape index (κ1) is 10.1. The molecular weight excluding hydrogens is 203 g/mol. The molecule has 1 heterocycles. The number of anilines is 2. The molecule has 0 aliphatic rings. The van der Waals surface area contributed by atoms with Crippen molar-refractivity contribution in [3.05, 3.63) is 6.07 Å². The van der Waals surface area contributed by atoms with Crippen molar-refractivity contribution in [3.8, 4) is 0 Å². The molecule has 1 rings (SSSR count). The summed E-state index contributed by atoms with van der Waals surface area (Å²) < 4.78 is 39.4. The summed E-state index contributed by atoms with van der Waals surface area (Å²) in [5.41, 5.74) is 5.27. The van der Waals surface area contributed by atoms with Crippen LogP contribution in [0.15, 0.2) is 6.07 Å². The maximum atomic E-state index is 11.9. The van der Waals surface area contributed by atoms with Gasteiger partial charge in [0.2, 0.25) is 0 Å². The zero-order valence-electron chi connectivity index (χ0n) is 6.80. The van der Waals surface area contributed by atoms with Gasteiger partial charge in [0.1, 0.15) is 17.4 Å². The zero-order valence-corrected chi connectivity index (χ0v) is 7.61. The van der Waals surface area contributed by atoms with Crippen LogP contribution in [0.25, 0.3) is 0 Å². The minimum absolute atomic E-state index is 0.244. The van der Waals surface area contributed by atoms with Gasteiger partial charge in [0.05, 0.1) is 0 Å². The minimum Gasteiger partial charge on any atom is -0.383 e. The van der Waals surface area contributed by atoms with E-state index in [0.29, 0.717) is 5.00 Å². The van der Waals surface area contributed by atoms with Crippen LogP contribution in [0, 0.1) is 0 Å². The summed E-state index contributed by atoms with van der Waals surface area (Å²) in [7, 11) is 1.35. The summed E-state index contributed by atoms with van der Waals surface area (Å²) in [4.78, 5) is 1.06. The highest BCUT2D eigenvalue weighted by atomic mass is 32.1.